The number of hydrogen-bond acceptors (Lipinski definition) is 3. The van der Waals surface area contributed by atoms with E-state index in [4.69, 9.17) is 5.11 Å². The molecule has 1 aromatic carbocycles. The molecule has 0 bridgehead atoms. The molecular weight excluding hydrogens is 254 g/mol. The number of aromatic carboxylic acids is 1. The molecule has 0 aromatic heterocycles. The van der Waals surface area contributed by atoms with E-state index in [2.05, 4.69) is 5.32 Å². The normalized spacial score (nSPS) is 18.9. The Balaban J connectivity index is 2.23. The number of carboxylic acids is 1. The molecule has 1 unspecified atom stereocenters. The summed E-state index contributed by atoms with van der Waals surface area (Å²) in [7, 11) is 1.85. The van der Waals surface area contributed by atoms with Gasteiger partial charge in [-0.2, -0.15) is 0 Å². The number of anilines is 1. The van der Waals surface area contributed by atoms with Gasteiger partial charge in [0.1, 0.15) is 0 Å². The summed E-state index contributed by atoms with van der Waals surface area (Å²) in [5.74, 6) is -3.43. The Morgan fingerprint density at radius 2 is 2.21 bits per heavy atom. The van der Waals surface area contributed by atoms with Gasteiger partial charge in [-0.3, -0.25) is 0 Å². The summed E-state index contributed by atoms with van der Waals surface area (Å²) in [6, 6.07) is 2.45. The SMILES string of the molecule is CNCC1CCN(c2ccc(C(=O)O)c(F)c2F)C1. The fourth-order valence-corrected chi connectivity index (χ4v) is 2.46. The average molecular weight is 270 g/mol. The van der Waals surface area contributed by atoms with Crippen LogP contribution in [0.3, 0.4) is 0 Å². The van der Waals surface area contributed by atoms with Crippen LogP contribution in [0.25, 0.3) is 0 Å². The summed E-state index contributed by atoms with van der Waals surface area (Å²) >= 11 is 0. The van der Waals surface area contributed by atoms with Crippen LogP contribution >= 0.6 is 0 Å². The number of halogens is 2. The van der Waals surface area contributed by atoms with Gasteiger partial charge in [-0.15, -0.1) is 0 Å². The summed E-state index contributed by atoms with van der Waals surface area (Å²) < 4.78 is 27.5. The number of rotatable bonds is 4. The van der Waals surface area contributed by atoms with Crippen molar-refractivity contribution in [1.82, 2.24) is 5.32 Å². The second-order valence-corrected chi connectivity index (χ2v) is 4.72. The molecule has 2 N–H and O–H groups in total. The van der Waals surface area contributed by atoms with E-state index >= 15 is 0 Å². The molecule has 1 saturated heterocycles. The molecule has 2 rings (SSSR count). The number of benzene rings is 1. The lowest BCUT2D eigenvalue weighted by atomic mass is 10.1. The van der Waals surface area contributed by atoms with Gasteiger partial charge in [0.2, 0.25) is 0 Å². The summed E-state index contributed by atoms with van der Waals surface area (Å²) in [5, 5.41) is 11.8. The van der Waals surface area contributed by atoms with Gasteiger partial charge in [-0.1, -0.05) is 0 Å². The summed E-state index contributed by atoms with van der Waals surface area (Å²) in [4.78, 5) is 12.5. The van der Waals surface area contributed by atoms with Crippen molar-refractivity contribution in [2.45, 2.75) is 6.42 Å². The fourth-order valence-electron chi connectivity index (χ4n) is 2.46. The van der Waals surface area contributed by atoms with Gasteiger partial charge in [-0.05, 0) is 38.1 Å². The van der Waals surface area contributed by atoms with Gasteiger partial charge >= 0.3 is 5.97 Å². The molecular formula is C13H16F2N2O2. The largest absolute Gasteiger partial charge is 0.478 e. The van der Waals surface area contributed by atoms with Gasteiger partial charge < -0.3 is 15.3 Å². The molecule has 0 radical (unpaired) electrons. The molecule has 0 spiro atoms. The van der Waals surface area contributed by atoms with E-state index in [1.807, 2.05) is 7.05 Å². The van der Waals surface area contributed by atoms with Crippen molar-refractivity contribution in [2.24, 2.45) is 5.92 Å². The molecule has 104 valence electrons. The standard InChI is InChI=1S/C13H16F2N2O2/c1-16-6-8-4-5-17(7-8)10-3-2-9(13(18)19)11(14)12(10)15/h2-3,8,16H,4-7H2,1H3,(H,18,19). The van der Waals surface area contributed by atoms with Gasteiger partial charge in [0.05, 0.1) is 11.3 Å². The molecule has 6 heteroatoms. The van der Waals surface area contributed by atoms with Crippen LogP contribution in [-0.2, 0) is 0 Å². The molecule has 1 atom stereocenters. The van der Waals surface area contributed by atoms with Crippen molar-refractivity contribution in [3.63, 3.8) is 0 Å². The zero-order valence-electron chi connectivity index (χ0n) is 10.6. The third kappa shape index (κ3) is 2.68. The fraction of sp³-hybridized carbons (Fsp3) is 0.462. The maximum Gasteiger partial charge on any atom is 0.338 e. The minimum atomic E-state index is -1.46. The Labute approximate surface area is 110 Å². The highest BCUT2D eigenvalue weighted by atomic mass is 19.2. The second-order valence-electron chi connectivity index (χ2n) is 4.72. The third-order valence-corrected chi connectivity index (χ3v) is 3.41. The number of hydrogen-bond donors (Lipinski definition) is 2. The van der Waals surface area contributed by atoms with Crippen molar-refractivity contribution in [2.75, 3.05) is 31.6 Å². The van der Waals surface area contributed by atoms with Crippen molar-refractivity contribution >= 4 is 11.7 Å². The lowest BCUT2D eigenvalue weighted by Crippen LogP contribution is -2.25. The van der Waals surface area contributed by atoms with Gasteiger partial charge in [0.25, 0.3) is 0 Å². The van der Waals surface area contributed by atoms with Crippen LogP contribution in [0.15, 0.2) is 12.1 Å². The zero-order chi connectivity index (χ0) is 14.0. The lowest BCUT2D eigenvalue weighted by Gasteiger charge is -2.20. The van der Waals surface area contributed by atoms with Crippen LogP contribution in [0, 0.1) is 17.6 Å². The smallest absolute Gasteiger partial charge is 0.338 e. The van der Waals surface area contributed by atoms with Gasteiger partial charge in [-0.25, -0.2) is 13.6 Å². The molecule has 0 amide bonds. The van der Waals surface area contributed by atoms with Gasteiger partial charge in [0, 0.05) is 13.1 Å². The van der Waals surface area contributed by atoms with E-state index < -0.39 is 23.2 Å². The van der Waals surface area contributed by atoms with E-state index in [0.29, 0.717) is 19.0 Å². The average Bonchev–Trinajstić information content (AvgIpc) is 2.81. The topological polar surface area (TPSA) is 52.6 Å². The highest BCUT2D eigenvalue weighted by Crippen LogP contribution is 2.28. The Bertz CT molecular complexity index is 494. The van der Waals surface area contributed by atoms with E-state index in [0.717, 1.165) is 19.0 Å². The van der Waals surface area contributed by atoms with Crippen LogP contribution in [0.5, 0.6) is 0 Å². The molecule has 0 aliphatic carbocycles. The quantitative estimate of drug-likeness (QED) is 0.874. The zero-order valence-corrected chi connectivity index (χ0v) is 10.6. The number of nitrogens with one attached hydrogen (secondary N) is 1. The predicted octanol–water partition coefficient (Wildman–Crippen LogP) is 1.71. The van der Waals surface area contributed by atoms with Crippen LogP contribution < -0.4 is 10.2 Å². The van der Waals surface area contributed by atoms with Crippen molar-refractivity contribution in [3.8, 4) is 0 Å². The number of carboxylic acid groups (broad SMARTS) is 1. The highest BCUT2D eigenvalue weighted by molar-refractivity contribution is 5.88. The highest BCUT2D eigenvalue weighted by Gasteiger charge is 2.26. The molecule has 1 heterocycles. The number of nitrogens with zero attached hydrogens (tertiary/aromatic N) is 1. The van der Waals surface area contributed by atoms with E-state index in [1.54, 1.807) is 4.90 Å². The van der Waals surface area contributed by atoms with Crippen molar-refractivity contribution in [1.29, 1.82) is 0 Å². The molecule has 4 nitrogen and oxygen atoms in total. The molecule has 1 aromatic rings. The van der Waals surface area contributed by atoms with Crippen LogP contribution in [-0.4, -0.2) is 37.8 Å². The third-order valence-electron chi connectivity index (χ3n) is 3.41. The molecule has 1 aliphatic heterocycles. The second kappa shape index (κ2) is 5.52. The minimum absolute atomic E-state index is 0.140. The summed E-state index contributed by atoms with van der Waals surface area (Å²) in [6.45, 7) is 2.12. The first-order valence-electron chi connectivity index (χ1n) is 6.15. The summed E-state index contributed by atoms with van der Waals surface area (Å²) in [6.07, 6.45) is 0.905. The first-order valence-corrected chi connectivity index (χ1v) is 6.15. The van der Waals surface area contributed by atoms with Crippen LogP contribution in [0.1, 0.15) is 16.8 Å². The maximum atomic E-state index is 13.9. The van der Waals surface area contributed by atoms with Crippen LogP contribution in [0.2, 0.25) is 0 Å². The predicted molar refractivity (Wildman–Crippen MR) is 67.6 cm³/mol. The first kappa shape index (κ1) is 13.7. The van der Waals surface area contributed by atoms with Crippen molar-refractivity contribution in [3.05, 3.63) is 29.3 Å². The Morgan fingerprint density at radius 1 is 1.47 bits per heavy atom. The molecule has 1 aliphatic rings. The molecule has 19 heavy (non-hydrogen) atoms. The lowest BCUT2D eigenvalue weighted by molar-refractivity contribution is 0.0690. The van der Waals surface area contributed by atoms with E-state index in [-0.39, 0.29) is 5.69 Å². The Kier molecular flexibility index (Phi) is 3.99. The van der Waals surface area contributed by atoms with E-state index in [9.17, 15) is 13.6 Å². The maximum absolute atomic E-state index is 13.9. The Hall–Kier alpha value is -1.69. The van der Waals surface area contributed by atoms with Crippen LogP contribution in [0.4, 0.5) is 14.5 Å². The first-order chi connectivity index (χ1) is 9.04. The minimum Gasteiger partial charge on any atom is -0.478 e. The summed E-state index contributed by atoms with van der Waals surface area (Å²) in [5.41, 5.74) is -0.492. The van der Waals surface area contributed by atoms with E-state index in [1.165, 1.54) is 6.07 Å². The Morgan fingerprint density at radius 3 is 2.84 bits per heavy atom. The molecule has 0 saturated carbocycles. The van der Waals surface area contributed by atoms with Gasteiger partial charge in [0.15, 0.2) is 11.6 Å². The number of carbonyl (C=O) groups is 1. The molecule has 1 fully saturated rings. The monoisotopic (exact) mass is 270 g/mol. The van der Waals surface area contributed by atoms with Crippen molar-refractivity contribution < 1.29 is 18.7 Å².